The molecule has 0 saturated carbocycles. The third-order valence-electron chi connectivity index (χ3n) is 3.09. The van der Waals surface area contributed by atoms with Crippen LogP contribution in [0.1, 0.15) is 24.1 Å². The summed E-state index contributed by atoms with van der Waals surface area (Å²) in [6.45, 7) is 3.44. The standard InChI is InChI=1S/C15H15F2NO/c1-9-13(16)4-3-5-15(9)18-10(2)12-7-6-11(19)8-14(12)17/h3-8,10,18-19H,1-2H3. The summed E-state index contributed by atoms with van der Waals surface area (Å²) >= 11 is 0. The maximum absolute atomic E-state index is 13.7. The molecule has 1 unspecified atom stereocenters. The van der Waals surface area contributed by atoms with E-state index in [-0.39, 0.29) is 17.6 Å². The molecule has 1 atom stereocenters. The minimum absolute atomic E-state index is 0.115. The normalized spacial score (nSPS) is 12.2. The third-order valence-corrected chi connectivity index (χ3v) is 3.09. The smallest absolute Gasteiger partial charge is 0.132 e. The fourth-order valence-corrected chi connectivity index (χ4v) is 1.94. The number of hydrogen-bond donors (Lipinski definition) is 2. The lowest BCUT2D eigenvalue weighted by molar-refractivity contribution is 0.467. The lowest BCUT2D eigenvalue weighted by atomic mass is 10.1. The summed E-state index contributed by atoms with van der Waals surface area (Å²) in [5, 5.41) is 12.2. The Labute approximate surface area is 110 Å². The van der Waals surface area contributed by atoms with Gasteiger partial charge in [-0.25, -0.2) is 8.78 Å². The summed E-state index contributed by atoms with van der Waals surface area (Å²) < 4.78 is 27.1. The molecular formula is C15H15F2NO. The number of phenols is 1. The molecule has 2 rings (SSSR count). The molecule has 2 N–H and O–H groups in total. The fraction of sp³-hybridized carbons (Fsp3) is 0.200. The van der Waals surface area contributed by atoms with Crippen molar-refractivity contribution in [2.75, 3.05) is 5.32 Å². The van der Waals surface area contributed by atoms with Crippen LogP contribution in [0, 0.1) is 18.6 Å². The van der Waals surface area contributed by atoms with Crippen molar-refractivity contribution in [1.29, 1.82) is 0 Å². The summed E-state index contributed by atoms with van der Waals surface area (Å²) in [7, 11) is 0. The van der Waals surface area contributed by atoms with E-state index >= 15 is 0 Å². The summed E-state index contributed by atoms with van der Waals surface area (Å²) in [5.41, 5.74) is 1.54. The van der Waals surface area contributed by atoms with Gasteiger partial charge < -0.3 is 10.4 Å². The quantitative estimate of drug-likeness (QED) is 0.871. The maximum atomic E-state index is 13.7. The van der Waals surface area contributed by atoms with Crippen molar-refractivity contribution in [2.24, 2.45) is 0 Å². The van der Waals surface area contributed by atoms with Crippen LogP contribution in [0.2, 0.25) is 0 Å². The molecule has 0 saturated heterocycles. The number of benzene rings is 2. The second kappa shape index (κ2) is 5.26. The van der Waals surface area contributed by atoms with Gasteiger partial charge in [-0.15, -0.1) is 0 Å². The van der Waals surface area contributed by atoms with Crippen molar-refractivity contribution < 1.29 is 13.9 Å². The Morgan fingerprint density at radius 3 is 2.53 bits per heavy atom. The van der Waals surface area contributed by atoms with E-state index < -0.39 is 5.82 Å². The highest BCUT2D eigenvalue weighted by Crippen LogP contribution is 2.26. The molecule has 0 spiro atoms. The van der Waals surface area contributed by atoms with Gasteiger partial charge in [-0.1, -0.05) is 12.1 Å². The van der Waals surface area contributed by atoms with Gasteiger partial charge in [0, 0.05) is 22.9 Å². The van der Waals surface area contributed by atoms with E-state index in [4.69, 9.17) is 0 Å². The van der Waals surface area contributed by atoms with Crippen molar-refractivity contribution in [2.45, 2.75) is 19.9 Å². The van der Waals surface area contributed by atoms with E-state index in [2.05, 4.69) is 5.32 Å². The van der Waals surface area contributed by atoms with Crippen LogP contribution in [0.3, 0.4) is 0 Å². The van der Waals surface area contributed by atoms with Gasteiger partial charge in [0.05, 0.1) is 6.04 Å². The molecule has 2 nitrogen and oxygen atoms in total. The summed E-state index contributed by atoms with van der Waals surface area (Å²) in [4.78, 5) is 0. The highest BCUT2D eigenvalue weighted by molar-refractivity contribution is 5.52. The average Bonchev–Trinajstić information content (AvgIpc) is 2.34. The number of phenolic OH excluding ortho intramolecular Hbond substituents is 1. The average molecular weight is 263 g/mol. The van der Waals surface area contributed by atoms with Crippen LogP contribution in [-0.2, 0) is 0 Å². The largest absolute Gasteiger partial charge is 0.508 e. The number of halogens is 2. The van der Waals surface area contributed by atoms with E-state index in [1.165, 1.54) is 18.2 Å². The lowest BCUT2D eigenvalue weighted by Gasteiger charge is -2.18. The summed E-state index contributed by atoms with van der Waals surface area (Å²) in [6, 6.07) is 8.39. The first-order valence-electron chi connectivity index (χ1n) is 5.99. The second-order valence-electron chi connectivity index (χ2n) is 4.48. The summed E-state index contributed by atoms with van der Waals surface area (Å²) in [5.74, 6) is -0.909. The molecule has 2 aromatic carbocycles. The minimum atomic E-state index is -0.492. The molecule has 0 radical (unpaired) electrons. The first-order chi connectivity index (χ1) is 8.99. The Bertz CT molecular complexity index is 599. The molecule has 0 heterocycles. The van der Waals surface area contributed by atoms with Gasteiger partial charge in [0.2, 0.25) is 0 Å². The van der Waals surface area contributed by atoms with Crippen LogP contribution in [0.15, 0.2) is 36.4 Å². The number of anilines is 1. The second-order valence-corrected chi connectivity index (χ2v) is 4.48. The van der Waals surface area contributed by atoms with Crippen LogP contribution >= 0.6 is 0 Å². The van der Waals surface area contributed by atoms with Gasteiger partial charge in [0.1, 0.15) is 17.4 Å². The van der Waals surface area contributed by atoms with E-state index in [9.17, 15) is 13.9 Å². The molecule has 0 aromatic heterocycles. The molecule has 0 aliphatic heterocycles. The Balaban J connectivity index is 2.25. The zero-order valence-electron chi connectivity index (χ0n) is 10.7. The SMILES string of the molecule is Cc1c(F)cccc1NC(C)c1ccc(O)cc1F. The highest BCUT2D eigenvalue weighted by atomic mass is 19.1. The van der Waals surface area contributed by atoms with Gasteiger partial charge >= 0.3 is 0 Å². The van der Waals surface area contributed by atoms with Crippen LogP contribution < -0.4 is 5.32 Å². The van der Waals surface area contributed by atoms with E-state index in [0.717, 1.165) is 6.07 Å². The van der Waals surface area contributed by atoms with Gasteiger partial charge in [-0.05, 0) is 32.0 Å². The Kier molecular flexibility index (Phi) is 3.69. The van der Waals surface area contributed by atoms with E-state index in [1.54, 1.807) is 26.0 Å². The van der Waals surface area contributed by atoms with Gasteiger partial charge in [0.25, 0.3) is 0 Å². The van der Waals surface area contributed by atoms with Crippen LogP contribution in [0.5, 0.6) is 5.75 Å². The molecular weight excluding hydrogens is 248 g/mol. The first kappa shape index (κ1) is 13.3. The molecule has 0 amide bonds. The molecule has 19 heavy (non-hydrogen) atoms. The topological polar surface area (TPSA) is 32.3 Å². The molecule has 100 valence electrons. The third kappa shape index (κ3) is 2.84. The molecule has 2 aromatic rings. The van der Waals surface area contributed by atoms with Crippen molar-refractivity contribution in [1.82, 2.24) is 0 Å². The Morgan fingerprint density at radius 2 is 1.84 bits per heavy atom. The molecule has 0 aliphatic rings. The monoisotopic (exact) mass is 263 g/mol. The predicted molar refractivity (Wildman–Crippen MR) is 71.2 cm³/mol. The Morgan fingerprint density at radius 1 is 1.11 bits per heavy atom. The molecule has 0 aliphatic carbocycles. The van der Waals surface area contributed by atoms with Crippen molar-refractivity contribution >= 4 is 5.69 Å². The zero-order chi connectivity index (χ0) is 14.0. The highest BCUT2D eigenvalue weighted by Gasteiger charge is 2.13. The van der Waals surface area contributed by atoms with Gasteiger partial charge in [-0.3, -0.25) is 0 Å². The fourth-order valence-electron chi connectivity index (χ4n) is 1.94. The first-order valence-corrected chi connectivity index (χ1v) is 5.99. The predicted octanol–water partition coefficient (Wildman–Crippen LogP) is 4.15. The number of rotatable bonds is 3. The molecule has 0 bridgehead atoms. The van der Waals surface area contributed by atoms with Gasteiger partial charge in [0.15, 0.2) is 0 Å². The van der Waals surface area contributed by atoms with E-state index in [0.29, 0.717) is 16.8 Å². The van der Waals surface area contributed by atoms with Gasteiger partial charge in [-0.2, -0.15) is 0 Å². The number of nitrogens with one attached hydrogen (secondary N) is 1. The molecule has 4 heteroatoms. The van der Waals surface area contributed by atoms with Crippen molar-refractivity contribution in [3.8, 4) is 5.75 Å². The van der Waals surface area contributed by atoms with Crippen LogP contribution in [0.25, 0.3) is 0 Å². The minimum Gasteiger partial charge on any atom is -0.508 e. The number of hydrogen-bond acceptors (Lipinski definition) is 2. The van der Waals surface area contributed by atoms with E-state index in [1.807, 2.05) is 0 Å². The van der Waals surface area contributed by atoms with Crippen LogP contribution in [-0.4, -0.2) is 5.11 Å². The Hall–Kier alpha value is -2.10. The lowest BCUT2D eigenvalue weighted by Crippen LogP contribution is -2.10. The van der Waals surface area contributed by atoms with Crippen molar-refractivity contribution in [3.05, 3.63) is 59.2 Å². The van der Waals surface area contributed by atoms with Crippen molar-refractivity contribution in [3.63, 3.8) is 0 Å². The zero-order valence-corrected chi connectivity index (χ0v) is 10.7. The maximum Gasteiger partial charge on any atom is 0.132 e. The number of aromatic hydroxyl groups is 1. The summed E-state index contributed by atoms with van der Waals surface area (Å²) in [6.07, 6.45) is 0. The van der Waals surface area contributed by atoms with Crippen LogP contribution in [0.4, 0.5) is 14.5 Å². The molecule has 0 fully saturated rings.